The molecule has 0 bridgehead atoms. The minimum Gasteiger partial charge on any atom is -0.744 e. The summed E-state index contributed by atoms with van der Waals surface area (Å²) in [5, 5.41) is 0. The van der Waals surface area contributed by atoms with Gasteiger partial charge in [-0.05, 0) is 23.3 Å². The van der Waals surface area contributed by atoms with Crippen LogP contribution < -0.4 is 29.6 Å². The first-order valence-corrected chi connectivity index (χ1v) is 6.09. The molecule has 2 rings (SSSR count). The standard InChI is InChI=1S/C12H10O3S.Na/c13-16(14,15)12-8-4-7-11(9-12)10-5-2-1-3-6-10;/h1-9H,(H,13,14,15);/q;+1/p-1. The first kappa shape index (κ1) is 14.4. The van der Waals surface area contributed by atoms with E-state index < -0.39 is 10.1 Å². The SMILES string of the molecule is O=S(=O)([O-])c1cccc(-c2ccccc2)c1.[Na+]. The van der Waals surface area contributed by atoms with Gasteiger partial charge < -0.3 is 4.55 Å². The summed E-state index contributed by atoms with van der Waals surface area (Å²) in [5.74, 6) is 0. The largest absolute Gasteiger partial charge is 1.00 e. The van der Waals surface area contributed by atoms with Crippen LogP contribution in [0.1, 0.15) is 0 Å². The minimum atomic E-state index is -4.38. The Balaban J connectivity index is 0.00000144. The zero-order valence-corrected chi connectivity index (χ0v) is 12.1. The Labute approximate surface area is 123 Å². The van der Waals surface area contributed by atoms with Gasteiger partial charge in [0, 0.05) is 0 Å². The Hall–Kier alpha value is -0.650. The summed E-state index contributed by atoms with van der Waals surface area (Å²) >= 11 is 0. The van der Waals surface area contributed by atoms with E-state index in [1.807, 2.05) is 30.3 Å². The van der Waals surface area contributed by atoms with E-state index in [9.17, 15) is 13.0 Å². The van der Waals surface area contributed by atoms with E-state index in [0.717, 1.165) is 11.1 Å². The Kier molecular flexibility index (Phi) is 4.91. The fourth-order valence-corrected chi connectivity index (χ4v) is 1.98. The second-order valence-electron chi connectivity index (χ2n) is 3.35. The molecule has 2 aromatic carbocycles. The van der Waals surface area contributed by atoms with E-state index in [4.69, 9.17) is 0 Å². The van der Waals surface area contributed by atoms with Crippen LogP contribution in [0.2, 0.25) is 0 Å². The van der Waals surface area contributed by atoms with Gasteiger partial charge in [0.25, 0.3) is 0 Å². The van der Waals surface area contributed by atoms with Crippen LogP contribution in [0.25, 0.3) is 11.1 Å². The topological polar surface area (TPSA) is 57.2 Å². The number of hydrogen-bond donors (Lipinski definition) is 0. The number of rotatable bonds is 2. The maximum absolute atomic E-state index is 10.9. The third kappa shape index (κ3) is 3.66. The van der Waals surface area contributed by atoms with Gasteiger partial charge in [0.1, 0.15) is 10.1 Å². The van der Waals surface area contributed by atoms with Crippen molar-refractivity contribution in [3.8, 4) is 11.1 Å². The van der Waals surface area contributed by atoms with Crippen LogP contribution >= 0.6 is 0 Å². The summed E-state index contributed by atoms with van der Waals surface area (Å²) < 4.78 is 32.6. The van der Waals surface area contributed by atoms with Crippen LogP contribution in [0.15, 0.2) is 59.5 Å². The van der Waals surface area contributed by atoms with Crippen LogP contribution in [-0.4, -0.2) is 13.0 Å². The fourth-order valence-electron chi connectivity index (χ4n) is 1.46. The Morgan fingerprint density at radius 1 is 0.824 bits per heavy atom. The van der Waals surface area contributed by atoms with Gasteiger partial charge in [-0.3, -0.25) is 0 Å². The molecule has 17 heavy (non-hydrogen) atoms. The molecule has 0 unspecified atom stereocenters. The van der Waals surface area contributed by atoms with E-state index in [2.05, 4.69) is 0 Å². The molecule has 0 aliphatic carbocycles. The molecule has 0 fully saturated rings. The monoisotopic (exact) mass is 256 g/mol. The molecule has 2 aromatic rings. The second kappa shape index (κ2) is 5.80. The van der Waals surface area contributed by atoms with Crippen LogP contribution in [0.4, 0.5) is 0 Å². The minimum absolute atomic E-state index is 0. The summed E-state index contributed by atoms with van der Waals surface area (Å²) in [7, 11) is -4.38. The van der Waals surface area contributed by atoms with E-state index in [1.54, 1.807) is 12.1 Å². The predicted octanol–water partition coefficient (Wildman–Crippen LogP) is -0.738. The summed E-state index contributed by atoms with van der Waals surface area (Å²) in [6, 6.07) is 15.3. The fraction of sp³-hybridized carbons (Fsp3) is 0. The smallest absolute Gasteiger partial charge is 0.744 e. The third-order valence-electron chi connectivity index (χ3n) is 2.23. The summed E-state index contributed by atoms with van der Waals surface area (Å²) in [6.07, 6.45) is 0. The van der Waals surface area contributed by atoms with Gasteiger partial charge in [-0.15, -0.1) is 0 Å². The first-order chi connectivity index (χ1) is 7.57. The normalized spacial score (nSPS) is 10.6. The maximum atomic E-state index is 10.9. The molecule has 0 aliphatic rings. The second-order valence-corrected chi connectivity index (χ2v) is 4.73. The molecule has 0 saturated heterocycles. The number of hydrogen-bond acceptors (Lipinski definition) is 3. The van der Waals surface area contributed by atoms with Gasteiger partial charge in [-0.1, -0.05) is 42.5 Å². The van der Waals surface area contributed by atoms with E-state index in [-0.39, 0.29) is 34.5 Å². The van der Waals surface area contributed by atoms with Crippen molar-refractivity contribution in [2.24, 2.45) is 0 Å². The molecule has 82 valence electrons. The van der Waals surface area contributed by atoms with Crippen molar-refractivity contribution in [1.29, 1.82) is 0 Å². The molecule has 0 aliphatic heterocycles. The quantitative estimate of drug-likeness (QED) is 0.525. The summed E-state index contributed by atoms with van der Waals surface area (Å²) in [4.78, 5) is -0.200. The summed E-state index contributed by atoms with van der Waals surface area (Å²) in [6.45, 7) is 0. The van der Waals surface area contributed by atoms with Crippen molar-refractivity contribution in [3.05, 3.63) is 54.6 Å². The zero-order chi connectivity index (χ0) is 11.6. The van der Waals surface area contributed by atoms with Gasteiger partial charge in [-0.25, -0.2) is 8.42 Å². The zero-order valence-electron chi connectivity index (χ0n) is 9.33. The van der Waals surface area contributed by atoms with Crippen molar-refractivity contribution in [1.82, 2.24) is 0 Å². The van der Waals surface area contributed by atoms with Crippen LogP contribution in [0.3, 0.4) is 0 Å². The Bertz CT molecular complexity index is 594. The molecule has 0 saturated carbocycles. The van der Waals surface area contributed by atoms with Crippen molar-refractivity contribution >= 4 is 10.1 Å². The van der Waals surface area contributed by atoms with E-state index >= 15 is 0 Å². The van der Waals surface area contributed by atoms with Crippen LogP contribution in [0, 0.1) is 0 Å². The average Bonchev–Trinajstić information content (AvgIpc) is 2.29. The van der Waals surface area contributed by atoms with Gasteiger partial charge in [-0.2, -0.15) is 0 Å². The molecule has 0 atom stereocenters. The van der Waals surface area contributed by atoms with Crippen molar-refractivity contribution in [3.63, 3.8) is 0 Å². The van der Waals surface area contributed by atoms with Gasteiger partial charge in [0.2, 0.25) is 0 Å². The Morgan fingerprint density at radius 3 is 2.00 bits per heavy atom. The molecule has 0 radical (unpaired) electrons. The third-order valence-corrected chi connectivity index (χ3v) is 3.06. The average molecular weight is 256 g/mol. The number of benzene rings is 2. The molecule has 5 heteroatoms. The van der Waals surface area contributed by atoms with Crippen molar-refractivity contribution < 1.29 is 42.5 Å². The molecule has 0 aromatic heterocycles. The van der Waals surface area contributed by atoms with E-state index in [0.29, 0.717) is 0 Å². The first-order valence-electron chi connectivity index (χ1n) is 4.69. The summed E-state index contributed by atoms with van der Waals surface area (Å²) in [5.41, 5.74) is 1.60. The van der Waals surface area contributed by atoms with Crippen molar-refractivity contribution in [2.45, 2.75) is 4.90 Å². The molecule has 0 amide bonds. The van der Waals surface area contributed by atoms with Crippen molar-refractivity contribution in [2.75, 3.05) is 0 Å². The van der Waals surface area contributed by atoms with Crippen LogP contribution in [-0.2, 0) is 10.1 Å². The molecular formula is C12H9NaO3S. The molecule has 0 heterocycles. The molecule has 0 spiro atoms. The van der Waals surface area contributed by atoms with E-state index in [1.165, 1.54) is 12.1 Å². The maximum Gasteiger partial charge on any atom is 1.00 e. The Morgan fingerprint density at radius 2 is 1.41 bits per heavy atom. The van der Waals surface area contributed by atoms with Gasteiger partial charge >= 0.3 is 29.6 Å². The molecular weight excluding hydrogens is 247 g/mol. The van der Waals surface area contributed by atoms with Crippen LogP contribution in [0.5, 0.6) is 0 Å². The molecule has 0 N–H and O–H groups in total. The predicted molar refractivity (Wildman–Crippen MR) is 59.8 cm³/mol. The van der Waals surface area contributed by atoms with Gasteiger partial charge in [0.15, 0.2) is 0 Å². The van der Waals surface area contributed by atoms with Gasteiger partial charge in [0.05, 0.1) is 4.90 Å². The molecule has 3 nitrogen and oxygen atoms in total.